The number of aryl methyl sites for hydroxylation is 1. The smallest absolute Gasteiger partial charge is 0.0899 e. The molecule has 1 fully saturated rings. The summed E-state index contributed by atoms with van der Waals surface area (Å²) in [5, 5.41) is 11.0. The molecule has 2 unspecified atom stereocenters. The van der Waals surface area contributed by atoms with Crippen molar-refractivity contribution in [1.29, 1.82) is 0 Å². The maximum absolute atomic E-state index is 11.0. The summed E-state index contributed by atoms with van der Waals surface area (Å²) in [5.41, 5.74) is 1.87. The van der Waals surface area contributed by atoms with Gasteiger partial charge in [0, 0.05) is 0 Å². The maximum atomic E-state index is 11.0. The average Bonchev–Trinajstić information content (AvgIpc) is 2.39. The molecule has 1 aromatic carbocycles. The van der Waals surface area contributed by atoms with Crippen molar-refractivity contribution < 1.29 is 5.11 Å². The zero-order valence-corrected chi connectivity index (χ0v) is 11.9. The SMILES string of the molecule is CCc1cccc(C2(O)CCCC(C(C)C)C2)c1. The van der Waals surface area contributed by atoms with Crippen molar-refractivity contribution in [2.24, 2.45) is 11.8 Å². The van der Waals surface area contributed by atoms with Crippen molar-refractivity contribution in [2.75, 3.05) is 0 Å². The zero-order valence-electron chi connectivity index (χ0n) is 11.9. The van der Waals surface area contributed by atoms with Crippen LogP contribution in [0.15, 0.2) is 24.3 Å². The molecule has 18 heavy (non-hydrogen) atoms. The predicted octanol–water partition coefficient (Wildman–Crippen LogP) is 4.28. The average molecular weight is 246 g/mol. The number of hydrogen-bond donors (Lipinski definition) is 1. The Morgan fingerprint density at radius 2 is 2.17 bits per heavy atom. The molecule has 0 radical (unpaired) electrons. The van der Waals surface area contributed by atoms with Crippen molar-refractivity contribution in [3.8, 4) is 0 Å². The van der Waals surface area contributed by atoms with Crippen molar-refractivity contribution in [3.63, 3.8) is 0 Å². The maximum Gasteiger partial charge on any atom is 0.0899 e. The molecule has 2 rings (SSSR count). The third-order valence-corrected chi connectivity index (χ3v) is 4.58. The van der Waals surface area contributed by atoms with E-state index >= 15 is 0 Å². The minimum Gasteiger partial charge on any atom is -0.385 e. The Labute approximate surface area is 111 Å². The molecular weight excluding hydrogens is 220 g/mol. The highest BCUT2D eigenvalue weighted by Gasteiger charge is 2.36. The Balaban J connectivity index is 2.23. The molecule has 0 amide bonds. The Morgan fingerprint density at radius 1 is 1.39 bits per heavy atom. The second kappa shape index (κ2) is 5.44. The first-order chi connectivity index (χ1) is 8.55. The summed E-state index contributed by atoms with van der Waals surface area (Å²) < 4.78 is 0. The van der Waals surface area contributed by atoms with Gasteiger partial charge in [-0.1, -0.05) is 45.0 Å². The molecule has 0 bridgehead atoms. The molecule has 2 atom stereocenters. The van der Waals surface area contributed by atoms with Crippen LogP contribution in [-0.2, 0) is 12.0 Å². The van der Waals surface area contributed by atoms with E-state index in [2.05, 4.69) is 45.0 Å². The van der Waals surface area contributed by atoms with Gasteiger partial charge in [0.1, 0.15) is 0 Å². The number of rotatable bonds is 3. The van der Waals surface area contributed by atoms with Gasteiger partial charge in [-0.25, -0.2) is 0 Å². The standard InChI is InChI=1S/C17H26O/c1-4-14-7-5-9-16(11-14)17(18)10-6-8-15(12-17)13(2)3/h5,7,9,11,13,15,18H,4,6,8,10,12H2,1-3H3. The Kier molecular flexibility index (Phi) is 4.11. The molecule has 0 saturated heterocycles. The van der Waals surface area contributed by atoms with Gasteiger partial charge >= 0.3 is 0 Å². The van der Waals surface area contributed by atoms with Crippen LogP contribution in [-0.4, -0.2) is 5.11 Å². The summed E-state index contributed by atoms with van der Waals surface area (Å²) in [4.78, 5) is 0. The van der Waals surface area contributed by atoms with Gasteiger partial charge in [-0.15, -0.1) is 0 Å². The molecule has 1 aromatic rings. The van der Waals surface area contributed by atoms with Crippen LogP contribution < -0.4 is 0 Å². The quantitative estimate of drug-likeness (QED) is 0.844. The van der Waals surface area contributed by atoms with Crippen LogP contribution in [0.4, 0.5) is 0 Å². The van der Waals surface area contributed by atoms with Gasteiger partial charge in [0.2, 0.25) is 0 Å². The fraction of sp³-hybridized carbons (Fsp3) is 0.647. The van der Waals surface area contributed by atoms with E-state index in [1.807, 2.05) is 0 Å². The van der Waals surface area contributed by atoms with Crippen molar-refractivity contribution in [2.45, 2.75) is 58.5 Å². The molecule has 0 aliphatic heterocycles. The first-order valence-electron chi connectivity index (χ1n) is 7.37. The molecule has 1 aliphatic carbocycles. The van der Waals surface area contributed by atoms with Gasteiger partial charge < -0.3 is 5.11 Å². The molecule has 1 saturated carbocycles. The lowest BCUT2D eigenvalue weighted by Gasteiger charge is -2.39. The van der Waals surface area contributed by atoms with Crippen LogP contribution in [0.1, 0.15) is 57.6 Å². The van der Waals surface area contributed by atoms with E-state index in [1.54, 1.807) is 0 Å². The van der Waals surface area contributed by atoms with Crippen molar-refractivity contribution in [3.05, 3.63) is 35.4 Å². The van der Waals surface area contributed by atoms with Gasteiger partial charge in [-0.2, -0.15) is 0 Å². The van der Waals surface area contributed by atoms with E-state index in [9.17, 15) is 5.11 Å². The molecule has 0 spiro atoms. The topological polar surface area (TPSA) is 20.2 Å². The second-order valence-electron chi connectivity index (χ2n) is 6.19. The largest absolute Gasteiger partial charge is 0.385 e. The molecular formula is C17H26O. The molecule has 1 heteroatoms. The number of aliphatic hydroxyl groups is 1. The highest BCUT2D eigenvalue weighted by Crippen LogP contribution is 2.42. The third kappa shape index (κ3) is 2.77. The van der Waals surface area contributed by atoms with Gasteiger partial charge in [0.05, 0.1) is 5.60 Å². The Morgan fingerprint density at radius 3 is 2.83 bits per heavy atom. The van der Waals surface area contributed by atoms with E-state index in [0.717, 1.165) is 31.2 Å². The van der Waals surface area contributed by atoms with Gasteiger partial charge in [0.25, 0.3) is 0 Å². The molecule has 0 heterocycles. The first-order valence-corrected chi connectivity index (χ1v) is 7.37. The van der Waals surface area contributed by atoms with E-state index < -0.39 is 5.60 Å². The van der Waals surface area contributed by atoms with Crippen molar-refractivity contribution >= 4 is 0 Å². The monoisotopic (exact) mass is 246 g/mol. The van der Waals surface area contributed by atoms with Crippen LogP contribution in [0, 0.1) is 11.8 Å². The fourth-order valence-corrected chi connectivity index (χ4v) is 3.21. The van der Waals surface area contributed by atoms with E-state index in [-0.39, 0.29) is 0 Å². The normalized spacial score (nSPS) is 28.6. The molecule has 0 aromatic heterocycles. The fourth-order valence-electron chi connectivity index (χ4n) is 3.21. The Hall–Kier alpha value is -0.820. The molecule has 1 aliphatic rings. The van der Waals surface area contributed by atoms with Crippen LogP contribution >= 0.6 is 0 Å². The summed E-state index contributed by atoms with van der Waals surface area (Å²) in [6.07, 6.45) is 5.31. The van der Waals surface area contributed by atoms with E-state index in [0.29, 0.717) is 11.8 Å². The highest BCUT2D eigenvalue weighted by atomic mass is 16.3. The molecule has 1 N–H and O–H groups in total. The van der Waals surface area contributed by atoms with Gasteiger partial charge in [-0.05, 0) is 55.1 Å². The van der Waals surface area contributed by atoms with Gasteiger partial charge in [0.15, 0.2) is 0 Å². The summed E-state index contributed by atoms with van der Waals surface area (Å²) in [7, 11) is 0. The third-order valence-electron chi connectivity index (χ3n) is 4.58. The molecule has 100 valence electrons. The van der Waals surface area contributed by atoms with Crippen LogP contribution in [0.25, 0.3) is 0 Å². The van der Waals surface area contributed by atoms with Crippen LogP contribution in [0.3, 0.4) is 0 Å². The van der Waals surface area contributed by atoms with E-state index in [1.165, 1.54) is 12.0 Å². The van der Waals surface area contributed by atoms with E-state index in [4.69, 9.17) is 0 Å². The van der Waals surface area contributed by atoms with Crippen LogP contribution in [0.2, 0.25) is 0 Å². The zero-order chi connectivity index (χ0) is 13.2. The summed E-state index contributed by atoms with van der Waals surface area (Å²) >= 11 is 0. The summed E-state index contributed by atoms with van der Waals surface area (Å²) in [5.74, 6) is 1.33. The lowest BCUT2D eigenvalue weighted by atomic mass is 9.71. The highest BCUT2D eigenvalue weighted by molar-refractivity contribution is 5.28. The number of benzene rings is 1. The lowest BCUT2D eigenvalue weighted by molar-refractivity contribution is -0.0295. The second-order valence-corrected chi connectivity index (χ2v) is 6.19. The minimum atomic E-state index is -0.585. The minimum absolute atomic E-state index is 0.585. The number of hydrogen-bond acceptors (Lipinski definition) is 1. The Bertz CT molecular complexity index is 396. The first kappa shape index (κ1) is 13.6. The summed E-state index contributed by atoms with van der Waals surface area (Å²) in [6, 6.07) is 8.53. The van der Waals surface area contributed by atoms with Crippen molar-refractivity contribution in [1.82, 2.24) is 0 Å². The van der Waals surface area contributed by atoms with Gasteiger partial charge in [-0.3, -0.25) is 0 Å². The summed E-state index contributed by atoms with van der Waals surface area (Å²) in [6.45, 7) is 6.72. The molecule has 1 nitrogen and oxygen atoms in total. The van der Waals surface area contributed by atoms with Crippen LogP contribution in [0.5, 0.6) is 0 Å². The lowest BCUT2D eigenvalue weighted by Crippen LogP contribution is -2.34. The predicted molar refractivity (Wildman–Crippen MR) is 76.5 cm³/mol.